The fraction of sp³-hybridized carbons (Fsp3) is 0.115. The summed E-state index contributed by atoms with van der Waals surface area (Å²) in [6, 6.07) is 35.5. The Hall–Kier alpha value is -7.04. The number of halogens is 8. The van der Waals surface area contributed by atoms with Crippen LogP contribution in [0.3, 0.4) is 0 Å². The minimum absolute atomic E-state index is 0.140. The van der Waals surface area contributed by atoms with Gasteiger partial charge in [0.15, 0.2) is 34.9 Å². The molecule has 0 bridgehead atoms. The highest BCUT2D eigenvalue weighted by Gasteiger charge is 2.20. The first-order valence-electron chi connectivity index (χ1n) is 20.6. The van der Waals surface area contributed by atoms with E-state index in [0.717, 1.165) is 61.7 Å². The van der Waals surface area contributed by atoms with Crippen molar-refractivity contribution < 1.29 is 55.2 Å². The number of hydrogen-bond acceptors (Lipinski definition) is 5. The van der Waals surface area contributed by atoms with Gasteiger partial charge in [-0.3, -0.25) is 0 Å². The molecule has 2 heterocycles. The van der Waals surface area contributed by atoms with Crippen LogP contribution in [0.1, 0.15) is 50.2 Å². The molecule has 2 aromatic heterocycles. The number of rotatable bonds is 13. The van der Waals surface area contributed by atoms with Gasteiger partial charge in [-0.15, -0.1) is 0 Å². The Labute approximate surface area is 403 Å². The lowest BCUT2D eigenvalue weighted by atomic mass is 10.1. The summed E-state index contributed by atoms with van der Waals surface area (Å²) in [5.74, 6) is -8.72. The first-order chi connectivity index (χ1) is 32.5. The molecule has 1 N–H and O–H groups in total. The summed E-state index contributed by atoms with van der Waals surface area (Å²) in [5.41, 5.74) is 6.92. The number of carbonyl (C=O) groups excluding carboxylic acids is 1. The minimum atomic E-state index is -1.53. The molecule has 0 atom stereocenters. The molecule has 68 heavy (non-hydrogen) atoms. The van der Waals surface area contributed by atoms with Crippen LogP contribution in [-0.4, -0.2) is 32.8 Å². The van der Waals surface area contributed by atoms with Gasteiger partial charge in [0.2, 0.25) is 0 Å². The third-order valence-electron chi connectivity index (χ3n) is 10.4. The van der Waals surface area contributed by atoms with Crippen molar-refractivity contribution in [2.75, 3.05) is 6.61 Å². The summed E-state index contributed by atoms with van der Waals surface area (Å²) in [6.07, 6.45) is 0. The topological polar surface area (TPSA) is 91.9 Å². The van der Waals surface area contributed by atoms with E-state index in [-0.39, 0.29) is 36.5 Å². The SMILES string of the molecule is CCOC(=O)c1cccc(-n2c(C)ccc2-c2cc(Br)ccc2OCc2cc(F)c(F)c(F)c2)c1.Cc1ccc(-c2cc(Br)ccc2OCc2cc(F)c(F)c(F)c2)n1-c1cccc(C(=O)O)c1. The van der Waals surface area contributed by atoms with Crippen LogP contribution in [0.2, 0.25) is 0 Å². The number of aryl methyl sites for hydroxylation is 2. The number of carbonyl (C=O) groups is 2. The van der Waals surface area contributed by atoms with Crippen LogP contribution in [0.4, 0.5) is 26.3 Å². The molecule has 0 fully saturated rings. The molecule has 348 valence electrons. The number of aromatic carboxylic acids is 1. The maximum absolute atomic E-state index is 13.6. The van der Waals surface area contributed by atoms with E-state index in [1.807, 2.05) is 65.4 Å². The smallest absolute Gasteiger partial charge is 0.338 e. The summed E-state index contributed by atoms with van der Waals surface area (Å²) in [5, 5.41) is 9.36. The zero-order chi connectivity index (χ0) is 48.8. The van der Waals surface area contributed by atoms with E-state index < -0.39 is 46.8 Å². The summed E-state index contributed by atoms with van der Waals surface area (Å²) >= 11 is 6.94. The van der Waals surface area contributed by atoms with Gasteiger partial charge in [-0.1, -0.05) is 44.0 Å². The van der Waals surface area contributed by atoms with E-state index in [0.29, 0.717) is 33.9 Å². The quantitative estimate of drug-likeness (QED) is 0.0703. The highest BCUT2D eigenvalue weighted by molar-refractivity contribution is 9.10. The van der Waals surface area contributed by atoms with Crippen LogP contribution < -0.4 is 9.47 Å². The molecule has 0 radical (unpaired) electrons. The maximum atomic E-state index is 13.6. The zero-order valence-corrected chi connectivity index (χ0v) is 39.4. The zero-order valence-electron chi connectivity index (χ0n) is 36.2. The Morgan fingerprint density at radius 1 is 0.544 bits per heavy atom. The van der Waals surface area contributed by atoms with E-state index in [4.69, 9.17) is 14.2 Å². The first kappa shape index (κ1) is 48.9. The van der Waals surface area contributed by atoms with Gasteiger partial charge in [-0.2, -0.15) is 0 Å². The minimum Gasteiger partial charge on any atom is -0.488 e. The average Bonchev–Trinajstić information content (AvgIpc) is 3.91. The van der Waals surface area contributed by atoms with Crippen LogP contribution in [0.15, 0.2) is 142 Å². The highest BCUT2D eigenvalue weighted by atomic mass is 79.9. The largest absolute Gasteiger partial charge is 0.488 e. The fourth-order valence-corrected chi connectivity index (χ4v) is 8.03. The standard InChI is InChI=1S/C27H21BrF3NO3.C25H17BrF3NO3/c1-3-34-27(33)18-5-4-6-20(13-18)32-16(2)7-9-24(32)21-14-19(28)8-10-25(21)35-15-17-11-22(29)26(31)23(30)12-17;1-14-5-7-22(30(14)18-4-2-3-16(11-18)25(31)32)19-12-17(26)6-8-23(19)33-13-15-9-20(27)24(29)21(28)10-15/h4-14H,3,15H2,1-2H3;2-12H,13H2,1H3,(H,31,32). The second-order valence-electron chi connectivity index (χ2n) is 15.1. The van der Waals surface area contributed by atoms with Gasteiger partial charge in [0.05, 0.1) is 29.1 Å². The molecule has 8 aromatic rings. The van der Waals surface area contributed by atoms with Crippen LogP contribution >= 0.6 is 31.9 Å². The third kappa shape index (κ3) is 11.0. The van der Waals surface area contributed by atoms with Crippen LogP contribution in [0, 0.1) is 48.8 Å². The monoisotopic (exact) mass is 1060 g/mol. The highest BCUT2D eigenvalue weighted by Crippen LogP contribution is 2.38. The van der Waals surface area contributed by atoms with Crippen molar-refractivity contribution in [1.82, 2.24) is 9.13 Å². The summed E-state index contributed by atoms with van der Waals surface area (Å²) in [7, 11) is 0. The molecule has 0 saturated carbocycles. The molecule has 0 aliphatic rings. The van der Waals surface area contributed by atoms with Crippen LogP contribution in [0.5, 0.6) is 11.5 Å². The molecule has 0 saturated heterocycles. The van der Waals surface area contributed by atoms with Gasteiger partial charge in [-0.25, -0.2) is 35.9 Å². The molecule has 0 spiro atoms. The second-order valence-corrected chi connectivity index (χ2v) is 17.0. The van der Waals surface area contributed by atoms with Crippen molar-refractivity contribution in [3.63, 3.8) is 0 Å². The molecular weight excluding hydrogens is 1020 g/mol. The number of carboxylic acid groups (broad SMARTS) is 1. The van der Waals surface area contributed by atoms with Crippen molar-refractivity contribution in [2.24, 2.45) is 0 Å². The van der Waals surface area contributed by atoms with E-state index in [1.165, 1.54) is 6.07 Å². The molecular formula is C52H38Br2F6N2O6. The molecule has 0 aliphatic heterocycles. The van der Waals surface area contributed by atoms with Gasteiger partial charge in [-0.05, 0) is 153 Å². The third-order valence-corrected chi connectivity index (χ3v) is 11.4. The molecule has 8 rings (SSSR count). The Morgan fingerprint density at radius 3 is 1.37 bits per heavy atom. The van der Waals surface area contributed by atoms with Gasteiger partial charge in [0.25, 0.3) is 0 Å². The second kappa shape index (κ2) is 21.3. The summed E-state index contributed by atoms with van der Waals surface area (Å²) in [6.45, 7) is 5.50. The molecule has 6 aromatic carbocycles. The van der Waals surface area contributed by atoms with Gasteiger partial charge in [0, 0.05) is 42.8 Å². The molecule has 0 aliphatic carbocycles. The number of carboxylic acids is 1. The number of nitrogens with zero attached hydrogens (tertiary/aromatic N) is 2. The predicted molar refractivity (Wildman–Crippen MR) is 251 cm³/mol. The molecule has 16 heteroatoms. The van der Waals surface area contributed by atoms with Gasteiger partial charge >= 0.3 is 11.9 Å². The first-order valence-corrected chi connectivity index (χ1v) is 22.2. The number of aromatic nitrogens is 2. The van der Waals surface area contributed by atoms with Crippen molar-refractivity contribution in [2.45, 2.75) is 34.0 Å². The summed E-state index contributed by atoms with van der Waals surface area (Å²) < 4.78 is 103. The maximum Gasteiger partial charge on any atom is 0.338 e. The van der Waals surface area contributed by atoms with Crippen LogP contribution in [0.25, 0.3) is 33.9 Å². The summed E-state index contributed by atoms with van der Waals surface area (Å²) in [4.78, 5) is 23.7. The van der Waals surface area contributed by atoms with Gasteiger partial charge < -0.3 is 28.5 Å². The average molecular weight is 1060 g/mol. The Balaban J connectivity index is 0.000000202. The van der Waals surface area contributed by atoms with Crippen molar-refractivity contribution in [3.8, 4) is 45.4 Å². The fourth-order valence-electron chi connectivity index (χ4n) is 7.31. The molecule has 0 unspecified atom stereocenters. The number of esters is 1. The van der Waals surface area contributed by atoms with E-state index in [1.54, 1.807) is 67.6 Å². The number of ether oxygens (including phenoxy) is 3. The Bertz CT molecular complexity index is 3140. The van der Waals surface area contributed by atoms with Crippen molar-refractivity contribution >= 4 is 43.8 Å². The van der Waals surface area contributed by atoms with E-state index >= 15 is 0 Å². The number of benzene rings is 6. The van der Waals surface area contributed by atoms with Gasteiger partial charge in [0.1, 0.15) is 24.7 Å². The molecule has 0 amide bonds. The molecule has 8 nitrogen and oxygen atoms in total. The van der Waals surface area contributed by atoms with Crippen molar-refractivity contribution in [3.05, 3.63) is 211 Å². The predicted octanol–water partition coefficient (Wildman–Crippen LogP) is 14.3. The van der Waals surface area contributed by atoms with Crippen molar-refractivity contribution in [1.29, 1.82) is 0 Å². The lowest BCUT2D eigenvalue weighted by Crippen LogP contribution is -2.07. The van der Waals surface area contributed by atoms with E-state index in [2.05, 4.69) is 31.9 Å². The Morgan fingerprint density at radius 2 is 0.956 bits per heavy atom. The normalized spacial score (nSPS) is 10.9. The van der Waals surface area contributed by atoms with E-state index in [9.17, 15) is 41.0 Å². The Kier molecular flexibility index (Phi) is 15.3. The number of hydrogen-bond donors (Lipinski definition) is 1. The lowest BCUT2D eigenvalue weighted by molar-refractivity contribution is 0.0525. The van der Waals surface area contributed by atoms with Crippen LogP contribution in [-0.2, 0) is 18.0 Å². The lowest BCUT2D eigenvalue weighted by Gasteiger charge is -2.17.